The predicted molar refractivity (Wildman–Crippen MR) is 159 cm³/mol. The highest BCUT2D eigenvalue weighted by Gasteiger charge is 2.48. The number of rotatable bonds is 5. The van der Waals surface area contributed by atoms with Gasteiger partial charge in [0.05, 0.1) is 11.7 Å². The van der Waals surface area contributed by atoms with Gasteiger partial charge in [0, 0.05) is 67.2 Å². The first kappa shape index (κ1) is 25.2. The maximum absolute atomic E-state index is 10.4. The van der Waals surface area contributed by atoms with Gasteiger partial charge in [-0.05, 0) is 86.7 Å². The number of nitrogens with zero attached hydrogens (tertiary/aromatic N) is 6. The maximum Gasteiger partial charge on any atom is 0.225 e. The van der Waals surface area contributed by atoms with E-state index < -0.39 is 0 Å². The lowest BCUT2D eigenvalue weighted by Gasteiger charge is -2.55. The molecule has 3 N–H and O–H groups in total. The number of H-pyrrole nitrogens is 1. The van der Waals surface area contributed by atoms with Crippen molar-refractivity contribution in [1.29, 1.82) is 0 Å². The highest BCUT2D eigenvalue weighted by Crippen LogP contribution is 2.48. The molecule has 9 heteroatoms. The van der Waals surface area contributed by atoms with Crippen LogP contribution in [0.3, 0.4) is 0 Å². The SMILES string of the molecule is C[C@@H]1c2c([nH]c3nnc(-c4ccccc4O)cc23)CCN1c1ncc(C2CCN(CC3CC4(CNC4)C3)CC2)cn1. The van der Waals surface area contributed by atoms with Gasteiger partial charge in [0.1, 0.15) is 5.75 Å². The molecule has 41 heavy (non-hydrogen) atoms. The van der Waals surface area contributed by atoms with Crippen molar-refractivity contribution in [3.63, 3.8) is 0 Å². The average Bonchev–Trinajstić information content (AvgIpc) is 3.33. The molecule has 8 rings (SSSR count). The third kappa shape index (κ3) is 4.37. The van der Waals surface area contributed by atoms with Gasteiger partial charge < -0.3 is 25.2 Å². The van der Waals surface area contributed by atoms with Crippen molar-refractivity contribution in [2.75, 3.05) is 44.2 Å². The molecule has 3 aromatic heterocycles. The summed E-state index contributed by atoms with van der Waals surface area (Å²) in [6, 6.07) is 9.39. The predicted octanol–water partition coefficient (Wildman–Crippen LogP) is 4.42. The van der Waals surface area contributed by atoms with Crippen molar-refractivity contribution in [2.45, 2.75) is 51.0 Å². The second-order valence-electron chi connectivity index (χ2n) is 12.9. The second kappa shape index (κ2) is 9.77. The molecule has 6 heterocycles. The molecule has 4 aromatic rings. The molecule has 0 radical (unpaired) electrons. The van der Waals surface area contributed by atoms with Gasteiger partial charge in [-0.3, -0.25) is 0 Å². The Bertz CT molecular complexity index is 1560. The Balaban J connectivity index is 0.951. The van der Waals surface area contributed by atoms with Gasteiger partial charge in [-0.1, -0.05) is 12.1 Å². The van der Waals surface area contributed by atoms with Gasteiger partial charge in [-0.2, -0.15) is 0 Å². The van der Waals surface area contributed by atoms with E-state index in [0.717, 1.165) is 35.9 Å². The zero-order chi connectivity index (χ0) is 27.6. The van der Waals surface area contributed by atoms with Gasteiger partial charge in [0.2, 0.25) is 5.95 Å². The smallest absolute Gasteiger partial charge is 0.225 e. The van der Waals surface area contributed by atoms with E-state index in [1.54, 1.807) is 6.07 Å². The molecule has 2 saturated heterocycles. The number of benzene rings is 1. The summed E-state index contributed by atoms with van der Waals surface area (Å²) in [5.41, 5.74) is 6.48. The Hall–Kier alpha value is -3.56. The van der Waals surface area contributed by atoms with Crippen LogP contribution in [0, 0.1) is 11.3 Å². The zero-order valence-corrected chi connectivity index (χ0v) is 23.7. The molecule has 1 atom stereocenters. The van der Waals surface area contributed by atoms with Crippen LogP contribution in [0.25, 0.3) is 22.3 Å². The van der Waals surface area contributed by atoms with Crippen molar-refractivity contribution < 1.29 is 5.11 Å². The molecule has 9 nitrogen and oxygen atoms in total. The summed E-state index contributed by atoms with van der Waals surface area (Å²) in [6.07, 6.45) is 10.2. The quantitative estimate of drug-likeness (QED) is 0.335. The molecule has 0 bridgehead atoms. The summed E-state index contributed by atoms with van der Waals surface area (Å²) in [6.45, 7) is 9.21. The first-order chi connectivity index (χ1) is 20.1. The number of hydrogen-bond donors (Lipinski definition) is 3. The lowest BCUT2D eigenvalue weighted by molar-refractivity contribution is -0.0184. The van der Waals surface area contributed by atoms with Crippen molar-refractivity contribution in [3.05, 3.63) is 59.5 Å². The first-order valence-electron chi connectivity index (χ1n) is 15.2. The fourth-order valence-corrected chi connectivity index (χ4v) is 7.98. The standard InChI is InChI=1S/C32H38N8O/c1-20-29-25-12-27(24-4-2-3-5-28(24)41)37-38-30(25)36-26(29)8-11-40(20)31-34-15-23(16-35-31)22-6-9-39(10-7-22)17-21-13-32(14-21)18-33-19-32/h2-5,12,15-16,20-22,33,41H,6-11,13-14,17-19H2,1H3,(H,36,38)/t20-/m1/s1. The largest absolute Gasteiger partial charge is 0.507 e. The number of aromatic amines is 1. The van der Waals surface area contributed by atoms with Crippen molar-refractivity contribution >= 4 is 17.0 Å². The molecule has 0 amide bonds. The normalized spacial score (nSPS) is 23.0. The minimum atomic E-state index is 0.0874. The lowest BCUT2D eigenvalue weighted by Crippen LogP contribution is -2.61. The minimum absolute atomic E-state index is 0.0874. The van der Waals surface area contributed by atoms with E-state index in [1.807, 2.05) is 24.3 Å². The van der Waals surface area contributed by atoms with E-state index in [1.165, 1.54) is 75.2 Å². The number of anilines is 1. The van der Waals surface area contributed by atoms with Crippen molar-refractivity contribution in [1.82, 2.24) is 35.4 Å². The molecule has 212 valence electrons. The summed E-state index contributed by atoms with van der Waals surface area (Å²) >= 11 is 0. The maximum atomic E-state index is 10.4. The molecule has 1 aliphatic carbocycles. The fraction of sp³-hybridized carbons (Fsp3) is 0.500. The number of piperidine rings is 1. The fourth-order valence-electron chi connectivity index (χ4n) is 7.98. The van der Waals surface area contributed by atoms with Crippen LogP contribution in [0.1, 0.15) is 61.4 Å². The van der Waals surface area contributed by atoms with Gasteiger partial charge >= 0.3 is 0 Å². The van der Waals surface area contributed by atoms with E-state index in [0.29, 0.717) is 22.6 Å². The van der Waals surface area contributed by atoms with E-state index in [9.17, 15) is 5.11 Å². The molecule has 3 aliphatic heterocycles. The number of aromatic hydroxyl groups is 1. The summed E-state index contributed by atoms with van der Waals surface area (Å²) in [5.74, 6) is 2.45. The lowest BCUT2D eigenvalue weighted by atomic mass is 9.58. The second-order valence-corrected chi connectivity index (χ2v) is 12.9. The number of hydrogen-bond acceptors (Lipinski definition) is 8. The highest BCUT2D eigenvalue weighted by atomic mass is 16.3. The topological polar surface area (TPSA) is 106 Å². The third-order valence-corrected chi connectivity index (χ3v) is 10.3. The van der Waals surface area contributed by atoms with Crippen LogP contribution in [0.5, 0.6) is 5.75 Å². The van der Waals surface area contributed by atoms with E-state index in [2.05, 4.69) is 49.6 Å². The average molecular weight is 551 g/mol. The number of likely N-dealkylation sites (tertiary alicyclic amines) is 1. The van der Waals surface area contributed by atoms with Crippen LogP contribution >= 0.6 is 0 Å². The van der Waals surface area contributed by atoms with E-state index >= 15 is 0 Å². The zero-order valence-electron chi connectivity index (χ0n) is 23.7. The Morgan fingerprint density at radius 2 is 1.80 bits per heavy atom. The number of para-hydroxylation sites is 1. The van der Waals surface area contributed by atoms with Crippen LogP contribution in [0.4, 0.5) is 5.95 Å². The Labute approximate surface area is 240 Å². The molecule has 0 unspecified atom stereocenters. The highest BCUT2D eigenvalue weighted by molar-refractivity contribution is 5.86. The Morgan fingerprint density at radius 1 is 1.02 bits per heavy atom. The first-order valence-corrected chi connectivity index (χ1v) is 15.2. The van der Waals surface area contributed by atoms with Crippen LogP contribution in [-0.4, -0.2) is 74.4 Å². The van der Waals surface area contributed by atoms with Crippen LogP contribution in [0.15, 0.2) is 42.7 Å². The summed E-state index contributed by atoms with van der Waals surface area (Å²) < 4.78 is 0. The molecule has 4 aliphatic rings. The van der Waals surface area contributed by atoms with E-state index in [4.69, 9.17) is 9.97 Å². The Kier molecular flexibility index (Phi) is 6.00. The van der Waals surface area contributed by atoms with Gasteiger partial charge in [0.15, 0.2) is 5.65 Å². The third-order valence-electron chi connectivity index (χ3n) is 10.3. The number of nitrogens with one attached hydrogen (secondary N) is 2. The van der Waals surface area contributed by atoms with Gasteiger partial charge in [-0.15, -0.1) is 10.2 Å². The Morgan fingerprint density at radius 3 is 2.54 bits per heavy atom. The van der Waals surface area contributed by atoms with Crippen LogP contribution < -0.4 is 10.2 Å². The van der Waals surface area contributed by atoms with Crippen LogP contribution in [0.2, 0.25) is 0 Å². The summed E-state index contributed by atoms with van der Waals surface area (Å²) in [7, 11) is 0. The van der Waals surface area contributed by atoms with Crippen LogP contribution in [-0.2, 0) is 6.42 Å². The minimum Gasteiger partial charge on any atom is -0.507 e. The molecular formula is C32H38N8O. The molecule has 1 aromatic carbocycles. The number of fused-ring (bicyclic) bond motifs is 3. The molecule has 3 fully saturated rings. The van der Waals surface area contributed by atoms with Crippen molar-refractivity contribution in [3.8, 4) is 17.0 Å². The number of aromatic nitrogens is 5. The number of phenols is 1. The summed E-state index contributed by atoms with van der Waals surface area (Å²) in [5, 5.41) is 23.7. The van der Waals surface area contributed by atoms with E-state index in [-0.39, 0.29) is 11.8 Å². The van der Waals surface area contributed by atoms with Crippen molar-refractivity contribution in [2.24, 2.45) is 11.3 Å². The summed E-state index contributed by atoms with van der Waals surface area (Å²) in [4.78, 5) is 18.3. The number of phenolic OH excluding ortho intramolecular Hbond substituents is 1. The monoisotopic (exact) mass is 550 g/mol. The van der Waals surface area contributed by atoms with Gasteiger partial charge in [0.25, 0.3) is 0 Å². The van der Waals surface area contributed by atoms with Gasteiger partial charge in [-0.25, -0.2) is 9.97 Å². The molecule has 1 spiro atoms. The molecular weight excluding hydrogens is 512 g/mol. The molecule has 1 saturated carbocycles.